The number of nitrogen functional groups attached to an aromatic ring is 2. The van der Waals surface area contributed by atoms with Crippen LogP contribution in [0, 0.1) is 5.82 Å². The number of fused-ring (bicyclic) bond motifs is 1. The minimum Gasteiger partial charge on any atom is -0.488 e. The Hall–Kier alpha value is -4.67. The average Bonchev–Trinajstić information content (AvgIpc) is 3.30. The molecule has 10 nitrogen and oxygen atoms in total. The lowest BCUT2D eigenvalue weighted by Gasteiger charge is -2.28. The molecule has 1 atom stereocenters. The number of nitrogens with two attached hydrogens (primary N) is 2. The van der Waals surface area contributed by atoms with Crippen LogP contribution in [0.5, 0.6) is 5.75 Å². The minimum absolute atomic E-state index is 0.0138. The van der Waals surface area contributed by atoms with Crippen LogP contribution in [-0.4, -0.2) is 38.8 Å². The van der Waals surface area contributed by atoms with E-state index in [-0.39, 0.29) is 35.3 Å². The summed E-state index contributed by atoms with van der Waals surface area (Å²) in [5.74, 6) is -1.23. The molecule has 4 aromatic rings. The molecule has 0 bridgehead atoms. The van der Waals surface area contributed by atoms with Crippen LogP contribution in [0.2, 0.25) is 0 Å². The second kappa shape index (κ2) is 8.97. The Morgan fingerprint density at radius 1 is 1.26 bits per heavy atom. The molecule has 4 heterocycles. The van der Waals surface area contributed by atoms with Crippen molar-refractivity contribution in [2.45, 2.75) is 39.3 Å². The first-order valence-corrected chi connectivity index (χ1v) is 12.7. The van der Waals surface area contributed by atoms with Gasteiger partial charge in [-0.3, -0.25) is 4.79 Å². The number of anilines is 3. The number of aromatic nitrogens is 3. The number of rotatable bonds is 5. The molecular formula is C28H27FN6O4. The highest BCUT2D eigenvalue weighted by Gasteiger charge is 2.30. The Labute approximate surface area is 222 Å². The van der Waals surface area contributed by atoms with Crippen LogP contribution in [0.3, 0.4) is 0 Å². The molecule has 0 amide bonds. The molecule has 200 valence electrons. The number of ether oxygens (including phenoxy) is 1. The van der Waals surface area contributed by atoms with Gasteiger partial charge in [-0.1, -0.05) is 13.0 Å². The maximum Gasteiger partial charge on any atom is 0.341 e. The summed E-state index contributed by atoms with van der Waals surface area (Å²) in [5, 5.41) is 9.51. The van der Waals surface area contributed by atoms with Crippen molar-refractivity contribution in [3.05, 3.63) is 68.9 Å². The van der Waals surface area contributed by atoms with Gasteiger partial charge in [0.1, 0.15) is 23.8 Å². The summed E-state index contributed by atoms with van der Waals surface area (Å²) < 4.78 is 23.4. The van der Waals surface area contributed by atoms with E-state index in [9.17, 15) is 14.7 Å². The molecule has 0 saturated carbocycles. The van der Waals surface area contributed by atoms with E-state index in [1.807, 2.05) is 32.0 Å². The first-order valence-electron chi connectivity index (χ1n) is 12.7. The zero-order valence-electron chi connectivity index (χ0n) is 21.5. The number of carboxylic acid groups (broad SMARTS) is 1. The topological polar surface area (TPSA) is 150 Å². The molecule has 11 heteroatoms. The first kappa shape index (κ1) is 24.7. The van der Waals surface area contributed by atoms with Gasteiger partial charge in [0.25, 0.3) is 0 Å². The van der Waals surface area contributed by atoms with Gasteiger partial charge >= 0.3 is 5.97 Å². The van der Waals surface area contributed by atoms with Gasteiger partial charge in [-0.2, -0.15) is 4.98 Å². The van der Waals surface area contributed by atoms with Crippen LogP contribution >= 0.6 is 0 Å². The molecule has 0 fully saturated rings. The van der Waals surface area contributed by atoms with E-state index in [1.54, 1.807) is 4.57 Å². The van der Waals surface area contributed by atoms with Crippen molar-refractivity contribution < 1.29 is 19.0 Å². The Bertz CT molecular complexity index is 1750. The molecule has 2 aliphatic heterocycles. The quantitative estimate of drug-likeness (QED) is 0.352. The van der Waals surface area contributed by atoms with Crippen molar-refractivity contribution >= 4 is 34.3 Å². The summed E-state index contributed by atoms with van der Waals surface area (Å²) in [6.07, 6.45) is 2.74. The molecule has 1 unspecified atom stereocenters. The normalized spacial score (nSPS) is 15.9. The third-order valence-electron chi connectivity index (χ3n) is 7.58. The Balaban J connectivity index is 1.44. The minimum atomic E-state index is -1.35. The van der Waals surface area contributed by atoms with Crippen LogP contribution in [-0.2, 0) is 19.4 Å². The standard InChI is InChI=1S/C28H27FN6O4/c1-3-20-17(26(30)33-28(31)32-20)10-34-7-6-14-8-15(4-5-21(14)34)22-19(29)9-16-23-25(22)39-12-13(2)35(23)11-18(24(16)36)27(37)38/h4-5,8-9,11,13H,3,6-7,10,12H2,1-2H3,(H,37,38)(H4,30,31,32,33). The monoisotopic (exact) mass is 530 g/mol. The molecule has 39 heavy (non-hydrogen) atoms. The molecular weight excluding hydrogens is 503 g/mol. The number of nitrogens with zero attached hydrogens (tertiary/aromatic N) is 4. The van der Waals surface area contributed by atoms with Gasteiger partial charge in [-0.05, 0) is 49.1 Å². The summed E-state index contributed by atoms with van der Waals surface area (Å²) >= 11 is 0. The van der Waals surface area contributed by atoms with Crippen molar-refractivity contribution in [3.8, 4) is 16.9 Å². The SMILES string of the molecule is CCc1nc(N)nc(N)c1CN1CCc2cc(-c3c(F)cc4c(=O)c(C(=O)O)cn5c4c3OCC5C)ccc21. The number of carboxylic acids is 1. The molecule has 0 saturated heterocycles. The lowest BCUT2D eigenvalue weighted by molar-refractivity contribution is 0.0694. The van der Waals surface area contributed by atoms with Gasteiger partial charge < -0.3 is 30.8 Å². The summed E-state index contributed by atoms with van der Waals surface area (Å²) in [7, 11) is 0. The van der Waals surface area contributed by atoms with E-state index in [0.717, 1.165) is 41.5 Å². The summed E-state index contributed by atoms with van der Waals surface area (Å²) in [5.41, 5.74) is 15.8. The maximum absolute atomic E-state index is 15.7. The number of benzene rings is 2. The zero-order valence-corrected chi connectivity index (χ0v) is 21.5. The van der Waals surface area contributed by atoms with E-state index in [2.05, 4.69) is 14.9 Å². The molecule has 0 radical (unpaired) electrons. The number of aryl methyl sites for hydroxylation is 1. The fourth-order valence-electron chi connectivity index (χ4n) is 5.66. The third-order valence-corrected chi connectivity index (χ3v) is 7.58. The van der Waals surface area contributed by atoms with E-state index < -0.39 is 22.8 Å². The predicted molar refractivity (Wildman–Crippen MR) is 146 cm³/mol. The van der Waals surface area contributed by atoms with Gasteiger partial charge in [-0.25, -0.2) is 14.2 Å². The summed E-state index contributed by atoms with van der Waals surface area (Å²) in [4.78, 5) is 35.2. The van der Waals surface area contributed by atoms with Crippen molar-refractivity contribution in [2.24, 2.45) is 0 Å². The van der Waals surface area contributed by atoms with Crippen molar-refractivity contribution in [3.63, 3.8) is 0 Å². The van der Waals surface area contributed by atoms with Gasteiger partial charge in [0.2, 0.25) is 11.4 Å². The predicted octanol–water partition coefficient (Wildman–Crippen LogP) is 3.54. The summed E-state index contributed by atoms with van der Waals surface area (Å²) in [6.45, 7) is 5.32. The second-order valence-electron chi connectivity index (χ2n) is 9.96. The molecule has 2 aromatic carbocycles. The number of hydrogen-bond acceptors (Lipinski definition) is 8. The fourth-order valence-corrected chi connectivity index (χ4v) is 5.66. The first-order chi connectivity index (χ1) is 18.7. The highest BCUT2D eigenvalue weighted by Crippen LogP contribution is 2.43. The number of aromatic carboxylic acids is 1. The smallest absolute Gasteiger partial charge is 0.341 e. The Morgan fingerprint density at radius 3 is 2.79 bits per heavy atom. The largest absolute Gasteiger partial charge is 0.488 e. The molecule has 5 N–H and O–H groups in total. The van der Waals surface area contributed by atoms with E-state index in [4.69, 9.17) is 16.2 Å². The molecule has 2 aliphatic rings. The van der Waals surface area contributed by atoms with Crippen molar-refractivity contribution in [1.82, 2.24) is 14.5 Å². The van der Waals surface area contributed by atoms with E-state index >= 15 is 4.39 Å². The van der Waals surface area contributed by atoms with Crippen LogP contribution in [0.25, 0.3) is 22.0 Å². The van der Waals surface area contributed by atoms with E-state index in [1.165, 1.54) is 6.20 Å². The Morgan fingerprint density at radius 2 is 2.05 bits per heavy atom. The zero-order chi connectivity index (χ0) is 27.6. The van der Waals surface area contributed by atoms with Gasteiger partial charge in [0, 0.05) is 30.5 Å². The fraction of sp³-hybridized carbons (Fsp3) is 0.286. The second-order valence-corrected chi connectivity index (χ2v) is 9.96. The highest BCUT2D eigenvalue weighted by atomic mass is 19.1. The van der Waals surface area contributed by atoms with Crippen LogP contribution in [0.4, 0.5) is 21.8 Å². The third kappa shape index (κ3) is 3.84. The number of pyridine rings is 1. The van der Waals surface area contributed by atoms with Crippen LogP contribution in [0.15, 0.2) is 35.3 Å². The number of carbonyl (C=O) groups is 1. The van der Waals surface area contributed by atoms with Crippen LogP contribution in [0.1, 0.15) is 47.1 Å². The highest BCUT2D eigenvalue weighted by molar-refractivity contribution is 5.98. The van der Waals surface area contributed by atoms with Crippen molar-refractivity contribution in [2.75, 3.05) is 29.5 Å². The molecule has 0 spiro atoms. The number of hydrogen-bond donors (Lipinski definition) is 3. The van der Waals surface area contributed by atoms with Gasteiger partial charge in [-0.15, -0.1) is 0 Å². The van der Waals surface area contributed by atoms with Gasteiger partial charge in [0.15, 0.2) is 5.75 Å². The lowest BCUT2D eigenvalue weighted by atomic mass is 9.96. The maximum atomic E-state index is 15.7. The summed E-state index contributed by atoms with van der Waals surface area (Å²) in [6, 6.07) is 6.60. The van der Waals surface area contributed by atoms with Crippen molar-refractivity contribution in [1.29, 1.82) is 0 Å². The number of halogens is 1. The average molecular weight is 531 g/mol. The van der Waals surface area contributed by atoms with E-state index in [0.29, 0.717) is 29.9 Å². The van der Waals surface area contributed by atoms with Crippen LogP contribution < -0.4 is 26.5 Å². The lowest BCUT2D eigenvalue weighted by Crippen LogP contribution is -2.27. The molecule has 0 aliphatic carbocycles. The molecule has 2 aromatic heterocycles. The molecule has 6 rings (SSSR count). The van der Waals surface area contributed by atoms with Gasteiger partial charge in [0.05, 0.1) is 28.2 Å². The Kier molecular flexibility index (Phi) is 5.67.